The number of sulfonamides is 1. The largest absolute Gasteiger partial charge is 0.481 e. The minimum absolute atomic E-state index is 0.0637. The van der Waals surface area contributed by atoms with E-state index in [2.05, 4.69) is 10.0 Å². The summed E-state index contributed by atoms with van der Waals surface area (Å²) in [5, 5.41) is 12.2. The first-order chi connectivity index (χ1) is 11.2. The lowest BCUT2D eigenvalue weighted by Gasteiger charge is -2.39. The van der Waals surface area contributed by atoms with Gasteiger partial charge in [0.2, 0.25) is 10.0 Å². The molecule has 2 atom stereocenters. The maximum atomic E-state index is 12.4. The number of carbonyl (C=O) groups is 2. The maximum Gasteiger partial charge on any atom is 0.308 e. The molecule has 1 aromatic carbocycles. The molecule has 24 heavy (non-hydrogen) atoms. The molecule has 2 rings (SSSR count). The highest BCUT2D eigenvalue weighted by atomic mass is 32.2. The van der Waals surface area contributed by atoms with Gasteiger partial charge in [0.25, 0.3) is 5.91 Å². The van der Waals surface area contributed by atoms with Crippen LogP contribution < -0.4 is 10.0 Å². The van der Waals surface area contributed by atoms with Crippen molar-refractivity contribution in [3.8, 4) is 0 Å². The maximum absolute atomic E-state index is 12.4. The van der Waals surface area contributed by atoms with Crippen LogP contribution in [0.4, 0.5) is 0 Å². The molecule has 1 aliphatic carbocycles. The summed E-state index contributed by atoms with van der Waals surface area (Å²) in [7, 11) is -2.25. The molecule has 1 aromatic rings. The topological polar surface area (TPSA) is 113 Å². The van der Waals surface area contributed by atoms with Crippen LogP contribution in [0, 0.1) is 5.92 Å². The SMILES string of the molecule is CNS(=O)(=O)c1ccc(C(=O)NC2(C)CCCCC2C(=O)O)cc1. The number of nitrogens with one attached hydrogen (secondary N) is 2. The fourth-order valence-electron chi connectivity index (χ4n) is 3.11. The van der Waals surface area contributed by atoms with Gasteiger partial charge in [-0.2, -0.15) is 0 Å². The number of benzene rings is 1. The Labute approximate surface area is 141 Å². The van der Waals surface area contributed by atoms with Crippen LogP contribution in [0.3, 0.4) is 0 Å². The molecular formula is C16H22N2O5S. The predicted molar refractivity (Wildman–Crippen MR) is 88.2 cm³/mol. The Bertz CT molecular complexity index is 729. The summed E-state index contributed by atoms with van der Waals surface area (Å²) in [6, 6.07) is 5.53. The number of carbonyl (C=O) groups excluding carboxylic acids is 1. The van der Waals surface area contributed by atoms with Crippen LogP contribution in [-0.2, 0) is 14.8 Å². The standard InChI is InChI=1S/C16H22N2O5S/c1-16(10-4-3-5-13(16)15(20)21)18-14(19)11-6-8-12(9-7-11)24(22,23)17-2/h6-9,13,17H,3-5,10H2,1-2H3,(H,18,19)(H,20,21). The summed E-state index contributed by atoms with van der Waals surface area (Å²) in [6.45, 7) is 1.75. The smallest absolute Gasteiger partial charge is 0.308 e. The summed E-state index contributed by atoms with van der Waals surface area (Å²) in [4.78, 5) is 24.0. The van der Waals surface area contributed by atoms with Crippen molar-refractivity contribution in [2.24, 2.45) is 5.92 Å². The first-order valence-corrected chi connectivity index (χ1v) is 9.27. The van der Waals surface area contributed by atoms with Crippen molar-refractivity contribution >= 4 is 21.9 Å². The molecule has 1 fully saturated rings. The molecule has 0 heterocycles. The van der Waals surface area contributed by atoms with E-state index in [-0.39, 0.29) is 4.90 Å². The van der Waals surface area contributed by atoms with E-state index in [9.17, 15) is 23.1 Å². The van der Waals surface area contributed by atoms with Crippen molar-refractivity contribution in [1.82, 2.24) is 10.0 Å². The van der Waals surface area contributed by atoms with Gasteiger partial charge in [0.15, 0.2) is 0 Å². The second kappa shape index (κ2) is 6.90. The summed E-state index contributed by atoms with van der Waals surface area (Å²) in [5.41, 5.74) is -0.516. The summed E-state index contributed by atoms with van der Waals surface area (Å²) in [6.07, 6.45) is 2.83. The van der Waals surface area contributed by atoms with Gasteiger partial charge in [0, 0.05) is 5.56 Å². The van der Waals surface area contributed by atoms with Crippen LogP contribution in [0.2, 0.25) is 0 Å². The van der Waals surface area contributed by atoms with Crippen LogP contribution in [0.5, 0.6) is 0 Å². The van der Waals surface area contributed by atoms with Gasteiger partial charge in [-0.25, -0.2) is 13.1 Å². The molecule has 0 saturated heterocycles. The van der Waals surface area contributed by atoms with E-state index in [0.717, 1.165) is 12.8 Å². The van der Waals surface area contributed by atoms with Crippen molar-refractivity contribution in [2.45, 2.75) is 43.0 Å². The van der Waals surface area contributed by atoms with E-state index in [1.165, 1.54) is 31.3 Å². The van der Waals surface area contributed by atoms with Gasteiger partial charge in [-0.15, -0.1) is 0 Å². The van der Waals surface area contributed by atoms with Crippen molar-refractivity contribution in [1.29, 1.82) is 0 Å². The van der Waals surface area contributed by atoms with Crippen molar-refractivity contribution in [3.63, 3.8) is 0 Å². The van der Waals surface area contributed by atoms with Crippen LogP contribution in [-0.4, -0.2) is 38.0 Å². The van der Waals surface area contributed by atoms with Crippen molar-refractivity contribution in [3.05, 3.63) is 29.8 Å². The Hall–Kier alpha value is -1.93. The highest BCUT2D eigenvalue weighted by Gasteiger charge is 2.42. The Morgan fingerprint density at radius 3 is 2.38 bits per heavy atom. The van der Waals surface area contributed by atoms with Gasteiger partial charge in [-0.05, 0) is 51.1 Å². The van der Waals surface area contributed by atoms with E-state index < -0.39 is 33.4 Å². The Kier molecular flexibility index (Phi) is 5.29. The lowest BCUT2D eigenvalue weighted by Crippen LogP contribution is -2.55. The van der Waals surface area contributed by atoms with Gasteiger partial charge in [0.05, 0.1) is 16.4 Å². The number of hydrogen-bond donors (Lipinski definition) is 3. The normalized spacial score (nSPS) is 24.3. The first-order valence-electron chi connectivity index (χ1n) is 7.78. The molecule has 8 heteroatoms. The van der Waals surface area contributed by atoms with Crippen LogP contribution in [0.25, 0.3) is 0 Å². The molecule has 2 unspecified atom stereocenters. The highest BCUT2D eigenvalue weighted by Crippen LogP contribution is 2.34. The molecule has 0 aliphatic heterocycles. The third-order valence-electron chi connectivity index (χ3n) is 4.60. The number of hydrogen-bond acceptors (Lipinski definition) is 4. The lowest BCUT2D eigenvalue weighted by atomic mass is 9.73. The number of carboxylic acids is 1. The van der Waals surface area contributed by atoms with Gasteiger partial charge in [-0.3, -0.25) is 9.59 Å². The molecule has 3 N–H and O–H groups in total. The lowest BCUT2D eigenvalue weighted by molar-refractivity contribution is -0.145. The third kappa shape index (κ3) is 3.76. The Balaban J connectivity index is 2.18. The average Bonchev–Trinajstić information content (AvgIpc) is 2.54. The molecule has 0 radical (unpaired) electrons. The fraction of sp³-hybridized carbons (Fsp3) is 0.500. The Morgan fingerprint density at radius 1 is 1.21 bits per heavy atom. The van der Waals surface area contributed by atoms with Gasteiger partial charge in [-0.1, -0.05) is 12.8 Å². The fourth-order valence-corrected chi connectivity index (χ4v) is 3.84. The van der Waals surface area contributed by atoms with E-state index in [1.807, 2.05) is 0 Å². The predicted octanol–water partition coefficient (Wildman–Crippen LogP) is 1.36. The van der Waals surface area contributed by atoms with Crippen LogP contribution in [0.1, 0.15) is 43.0 Å². The van der Waals surface area contributed by atoms with Gasteiger partial charge < -0.3 is 10.4 Å². The number of carboxylic acid groups (broad SMARTS) is 1. The molecule has 1 saturated carbocycles. The summed E-state index contributed by atoms with van der Waals surface area (Å²) in [5.74, 6) is -1.94. The summed E-state index contributed by atoms with van der Waals surface area (Å²) < 4.78 is 25.6. The zero-order valence-corrected chi connectivity index (χ0v) is 14.5. The molecule has 0 bridgehead atoms. The highest BCUT2D eigenvalue weighted by molar-refractivity contribution is 7.89. The van der Waals surface area contributed by atoms with E-state index >= 15 is 0 Å². The van der Waals surface area contributed by atoms with Crippen LogP contribution in [0.15, 0.2) is 29.2 Å². The molecule has 1 aliphatic rings. The second-order valence-corrected chi connectivity index (χ2v) is 8.13. The quantitative estimate of drug-likeness (QED) is 0.739. The van der Waals surface area contributed by atoms with E-state index in [4.69, 9.17) is 0 Å². The van der Waals surface area contributed by atoms with Crippen LogP contribution >= 0.6 is 0 Å². The van der Waals surface area contributed by atoms with E-state index in [0.29, 0.717) is 18.4 Å². The van der Waals surface area contributed by atoms with Crippen molar-refractivity contribution < 1.29 is 23.1 Å². The molecule has 0 spiro atoms. The second-order valence-electron chi connectivity index (χ2n) is 6.24. The zero-order valence-electron chi connectivity index (χ0n) is 13.7. The third-order valence-corrected chi connectivity index (χ3v) is 6.03. The monoisotopic (exact) mass is 354 g/mol. The number of rotatable bonds is 5. The van der Waals surface area contributed by atoms with E-state index in [1.54, 1.807) is 6.92 Å². The molecule has 7 nitrogen and oxygen atoms in total. The van der Waals surface area contributed by atoms with Gasteiger partial charge >= 0.3 is 5.97 Å². The number of amides is 1. The Morgan fingerprint density at radius 2 is 1.83 bits per heavy atom. The first kappa shape index (κ1) is 18.4. The molecule has 1 amide bonds. The summed E-state index contributed by atoms with van der Waals surface area (Å²) >= 11 is 0. The number of aliphatic carboxylic acids is 1. The molecule has 132 valence electrons. The molecular weight excluding hydrogens is 332 g/mol. The molecule has 0 aromatic heterocycles. The van der Waals surface area contributed by atoms with Crippen molar-refractivity contribution in [2.75, 3.05) is 7.05 Å². The minimum Gasteiger partial charge on any atom is -0.481 e. The average molecular weight is 354 g/mol. The van der Waals surface area contributed by atoms with Gasteiger partial charge in [0.1, 0.15) is 0 Å². The minimum atomic E-state index is -3.56. The zero-order chi connectivity index (χ0) is 18.0.